The first-order valence-electron chi connectivity index (χ1n) is 4.62. The van der Waals surface area contributed by atoms with Gasteiger partial charge in [0.2, 0.25) is 0 Å². The van der Waals surface area contributed by atoms with Crippen LogP contribution in [-0.4, -0.2) is 11.4 Å². The molecule has 1 aliphatic rings. The topological polar surface area (TPSA) is 9.23 Å². The van der Waals surface area contributed by atoms with Crippen molar-refractivity contribution >= 4 is 15.9 Å². The maximum Gasteiger partial charge on any atom is 0.122 e. The van der Waals surface area contributed by atoms with E-state index in [0.717, 1.165) is 18.8 Å². The van der Waals surface area contributed by atoms with Gasteiger partial charge in [-0.2, -0.15) is 0 Å². The van der Waals surface area contributed by atoms with Crippen LogP contribution >= 0.6 is 15.9 Å². The summed E-state index contributed by atoms with van der Waals surface area (Å²) < 4.78 is 5.67. The van der Waals surface area contributed by atoms with E-state index in [0.29, 0.717) is 10.7 Å². The average molecular weight is 241 g/mol. The SMILES string of the molecule is CC(Br)C1COc2ccccc2C1. The minimum absolute atomic E-state index is 0.529. The van der Waals surface area contributed by atoms with Crippen LogP contribution in [0.25, 0.3) is 0 Å². The summed E-state index contributed by atoms with van der Waals surface area (Å²) in [4.78, 5) is 0.529. The molecule has 1 aromatic rings. The predicted octanol–water partition coefficient (Wildman–Crippen LogP) is 3.02. The van der Waals surface area contributed by atoms with Gasteiger partial charge in [-0.05, 0) is 18.1 Å². The number of ether oxygens (including phenoxy) is 1. The van der Waals surface area contributed by atoms with Crippen molar-refractivity contribution in [2.75, 3.05) is 6.61 Å². The summed E-state index contributed by atoms with van der Waals surface area (Å²) in [7, 11) is 0. The van der Waals surface area contributed by atoms with Gasteiger partial charge in [0.05, 0.1) is 6.61 Å². The number of hydrogen-bond acceptors (Lipinski definition) is 1. The lowest BCUT2D eigenvalue weighted by Gasteiger charge is -2.26. The van der Waals surface area contributed by atoms with Gasteiger partial charge in [0.15, 0.2) is 0 Å². The number of halogens is 1. The van der Waals surface area contributed by atoms with E-state index in [2.05, 4.69) is 35.0 Å². The molecule has 0 N–H and O–H groups in total. The normalized spacial score (nSPS) is 23.1. The molecule has 2 heteroatoms. The van der Waals surface area contributed by atoms with Gasteiger partial charge in [-0.15, -0.1) is 0 Å². The molecule has 70 valence electrons. The van der Waals surface area contributed by atoms with E-state index in [4.69, 9.17) is 4.74 Å². The Labute approximate surface area is 87.2 Å². The second-order valence-electron chi connectivity index (χ2n) is 3.56. The van der Waals surface area contributed by atoms with Crippen molar-refractivity contribution in [2.24, 2.45) is 5.92 Å². The molecule has 1 nitrogen and oxygen atoms in total. The van der Waals surface area contributed by atoms with Crippen LogP contribution in [0.15, 0.2) is 24.3 Å². The molecule has 1 aliphatic heterocycles. The highest BCUT2D eigenvalue weighted by Gasteiger charge is 2.22. The number of benzene rings is 1. The van der Waals surface area contributed by atoms with Gasteiger partial charge in [-0.3, -0.25) is 0 Å². The molecule has 0 amide bonds. The molecule has 0 spiro atoms. The molecule has 1 heterocycles. The zero-order valence-electron chi connectivity index (χ0n) is 7.66. The Morgan fingerprint density at radius 3 is 3.00 bits per heavy atom. The van der Waals surface area contributed by atoms with Crippen molar-refractivity contribution in [3.05, 3.63) is 29.8 Å². The molecule has 13 heavy (non-hydrogen) atoms. The molecular weight excluding hydrogens is 228 g/mol. The van der Waals surface area contributed by atoms with E-state index >= 15 is 0 Å². The van der Waals surface area contributed by atoms with E-state index in [1.54, 1.807) is 0 Å². The highest BCUT2D eigenvalue weighted by Crippen LogP contribution is 2.29. The van der Waals surface area contributed by atoms with Crippen molar-refractivity contribution < 1.29 is 4.74 Å². The second kappa shape index (κ2) is 3.70. The van der Waals surface area contributed by atoms with Crippen molar-refractivity contribution in [3.8, 4) is 5.75 Å². The van der Waals surface area contributed by atoms with E-state index in [9.17, 15) is 0 Å². The van der Waals surface area contributed by atoms with Crippen molar-refractivity contribution in [1.82, 2.24) is 0 Å². The fourth-order valence-corrected chi connectivity index (χ4v) is 1.99. The fraction of sp³-hybridized carbons (Fsp3) is 0.455. The Balaban J connectivity index is 2.20. The first-order chi connectivity index (χ1) is 6.27. The number of alkyl halides is 1. The first-order valence-corrected chi connectivity index (χ1v) is 5.53. The standard InChI is InChI=1S/C11H13BrO/c1-8(12)10-6-9-4-2-3-5-11(9)13-7-10/h2-5,8,10H,6-7H2,1H3. The van der Waals surface area contributed by atoms with Gasteiger partial charge in [-0.1, -0.05) is 41.1 Å². The summed E-state index contributed by atoms with van der Waals surface area (Å²) >= 11 is 3.61. The Morgan fingerprint density at radius 2 is 2.23 bits per heavy atom. The Morgan fingerprint density at radius 1 is 1.46 bits per heavy atom. The van der Waals surface area contributed by atoms with Crippen LogP contribution in [0.4, 0.5) is 0 Å². The Kier molecular flexibility index (Phi) is 2.58. The smallest absolute Gasteiger partial charge is 0.122 e. The molecule has 0 bridgehead atoms. The summed E-state index contributed by atoms with van der Waals surface area (Å²) in [5, 5.41) is 0. The summed E-state index contributed by atoms with van der Waals surface area (Å²) in [5.41, 5.74) is 1.34. The third kappa shape index (κ3) is 1.88. The second-order valence-corrected chi connectivity index (χ2v) is 5.00. The number of hydrogen-bond donors (Lipinski definition) is 0. The summed E-state index contributed by atoms with van der Waals surface area (Å²) in [6, 6.07) is 8.29. The van der Waals surface area contributed by atoms with Crippen molar-refractivity contribution in [3.63, 3.8) is 0 Å². The molecule has 0 saturated heterocycles. The highest BCUT2D eigenvalue weighted by atomic mass is 79.9. The van der Waals surface area contributed by atoms with Crippen LogP contribution in [0.2, 0.25) is 0 Å². The van der Waals surface area contributed by atoms with Crippen LogP contribution in [0.5, 0.6) is 5.75 Å². The van der Waals surface area contributed by atoms with Crippen LogP contribution in [-0.2, 0) is 6.42 Å². The van der Waals surface area contributed by atoms with Crippen molar-refractivity contribution in [2.45, 2.75) is 18.2 Å². The minimum atomic E-state index is 0.529. The van der Waals surface area contributed by atoms with E-state index < -0.39 is 0 Å². The third-order valence-electron chi connectivity index (χ3n) is 2.56. The molecule has 0 radical (unpaired) electrons. The average Bonchev–Trinajstić information content (AvgIpc) is 2.17. The number of para-hydroxylation sites is 1. The number of rotatable bonds is 1. The van der Waals surface area contributed by atoms with Gasteiger partial charge in [0.1, 0.15) is 5.75 Å². The molecule has 2 rings (SSSR count). The summed E-state index contributed by atoms with van der Waals surface area (Å²) in [5.74, 6) is 1.67. The quantitative estimate of drug-likeness (QED) is 0.686. The molecular formula is C11H13BrO. The van der Waals surface area contributed by atoms with Crippen molar-refractivity contribution in [1.29, 1.82) is 0 Å². The van der Waals surface area contributed by atoms with Crippen LogP contribution in [0.1, 0.15) is 12.5 Å². The summed E-state index contributed by atoms with van der Waals surface area (Å²) in [6.45, 7) is 3.02. The lowest BCUT2D eigenvalue weighted by atomic mass is 9.95. The zero-order valence-corrected chi connectivity index (χ0v) is 9.25. The van der Waals surface area contributed by atoms with E-state index in [1.807, 2.05) is 12.1 Å². The molecule has 0 fully saturated rings. The van der Waals surface area contributed by atoms with E-state index in [-0.39, 0.29) is 0 Å². The predicted molar refractivity (Wildman–Crippen MR) is 57.5 cm³/mol. The Hall–Kier alpha value is -0.500. The Bertz CT molecular complexity index is 296. The molecule has 2 unspecified atom stereocenters. The lowest BCUT2D eigenvalue weighted by Crippen LogP contribution is -2.26. The largest absolute Gasteiger partial charge is 0.493 e. The molecule has 0 saturated carbocycles. The molecule has 0 aliphatic carbocycles. The molecule has 2 atom stereocenters. The zero-order chi connectivity index (χ0) is 9.26. The molecule has 1 aromatic carbocycles. The van der Waals surface area contributed by atoms with Gasteiger partial charge < -0.3 is 4.74 Å². The number of fused-ring (bicyclic) bond motifs is 1. The highest BCUT2D eigenvalue weighted by molar-refractivity contribution is 9.09. The van der Waals surface area contributed by atoms with Crippen LogP contribution < -0.4 is 4.74 Å². The molecule has 0 aromatic heterocycles. The lowest BCUT2D eigenvalue weighted by molar-refractivity contribution is 0.223. The van der Waals surface area contributed by atoms with Gasteiger partial charge in [0, 0.05) is 10.7 Å². The van der Waals surface area contributed by atoms with Crippen LogP contribution in [0.3, 0.4) is 0 Å². The monoisotopic (exact) mass is 240 g/mol. The maximum atomic E-state index is 5.67. The van der Waals surface area contributed by atoms with E-state index in [1.165, 1.54) is 5.56 Å². The van der Waals surface area contributed by atoms with Gasteiger partial charge in [-0.25, -0.2) is 0 Å². The minimum Gasteiger partial charge on any atom is -0.493 e. The first kappa shape index (κ1) is 9.07. The van der Waals surface area contributed by atoms with Crippen LogP contribution in [0, 0.1) is 5.92 Å². The third-order valence-corrected chi connectivity index (χ3v) is 3.30. The maximum absolute atomic E-state index is 5.67. The summed E-state index contributed by atoms with van der Waals surface area (Å²) in [6.07, 6.45) is 1.13. The van der Waals surface area contributed by atoms with Gasteiger partial charge >= 0.3 is 0 Å². The van der Waals surface area contributed by atoms with Gasteiger partial charge in [0.25, 0.3) is 0 Å². The fourth-order valence-electron chi connectivity index (χ4n) is 1.65.